The highest BCUT2D eigenvalue weighted by Crippen LogP contribution is 2.43. The Kier molecular flexibility index (Phi) is 8.68. The molecule has 0 bridgehead atoms. The normalized spacial score (nSPS) is 13.2. The van der Waals surface area contributed by atoms with Crippen molar-refractivity contribution < 1.29 is 0 Å². The van der Waals surface area contributed by atoms with Crippen LogP contribution in [-0.2, 0) is 0 Å². The molecule has 0 N–H and O–H groups in total. The lowest BCUT2D eigenvalue weighted by molar-refractivity contribution is 1.16. The lowest BCUT2D eigenvalue weighted by atomic mass is 9.37. The number of aryl methyl sites for hydroxylation is 2. The molecule has 21 rings (SSSR count). The van der Waals surface area contributed by atoms with Gasteiger partial charge in [-0.3, -0.25) is 0 Å². The van der Waals surface area contributed by atoms with E-state index in [1.54, 1.807) is 0 Å². The molecule has 0 aliphatic carbocycles. The van der Waals surface area contributed by atoms with Crippen molar-refractivity contribution >= 4 is 140 Å². The summed E-state index contributed by atoms with van der Waals surface area (Å²) in [4.78, 5) is 3.83. The fourth-order valence-electron chi connectivity index (χ4n) is 16.5. The summed E-state index contributed by atoms with van der Waals surface area (Å²) < 4.78 is 7.42. The van der Waals surface area contributed by atoms with Gasteiger partial charge >= 0.3 is 0 Å². The summed E-state index contributed by atoms with van der Waals surface area (Å²) in [6.45, 7) is 13.1. The van der Waals surface area contributed by atoms with Gasteiger partial charge in [0.1, 0.15) is 0 Å². The maximum absolute atomic E-state index is 7.68. The largest absolute Gasteiger partial charge is 0.312 e. The third-order valence-corrected chi connectivity index (χ3v) is 19.4. The second kappa shape index (κ2) is 16.0. The highest BCUT2D eigenvalue weighted by atomic mass is 15.0. The van der Waals surface area contributed by atoms with Gasteiger partial charge in [-0.1, -0.05) is 223 Å². The van der Waals surface area contributed by atoms with Crippen LogP contribution in [0.3, 0.4) is 0 Å². The fourth-order valence-corrected chi connectivity index (χ4v) is 16.5. The van der Waals surface area contributed by atoms with E-state index in [2.05, 4.69) is 257 Å². The number of para-hydroxylation sites is 5. The standard InChI is InChI=1S/C25H13BN2.2C25H16BN/c1-27-20-12-6-13-21-23(20)17-9-4-11-19-25(17)28(21)22-14-5-8-16-15-7-2-3-10-18(15)26(19)24(16)22;1-15-13-19-16-7-2-4-10-20(16)26-21-11-6-9-18-17-8-3-5-12-22(17)27(25(18)21)23(14-15)24(19)26;1-15-13-14-18-16-7-2-4-10-20(16)26-21-11-6-9-19-17-8-3-5-12-22(17)27(25(19)21)24(15)23(18)26/h2-14H;2*2-14H,1H3. The third kappa shape index (κ3) is 5.45. The summed E-state index contributed by atoms with van der Waals surface area (Å²) in [5.41, 5.74) is 36.3. The van der Waals surface area contributed by atoms with Crippen molar-refractivity contribution in [1.29, 1.82) is 0 Å². The lowest BCUT2D eigenvalue weighted by Crippen LogP contribution is -2.53. The van der Waals surface area contributed by atoms with Gasteiger partial charge in [-0.25, -0.2) is 4.85 Å². The molecule has 7 heteroatoms. The van der Waals surface area contributed by atoms with E-state index in [4.69, 9.17) is 6.57 Å². The molecule has 6 aliphatic heterocycles. The molecule has 0 amide bonds. The number of hydrogen-bond acceptors (Lipinski definition) is 0. The molecule has 12 aromatic carbocycles. The van der Waals surface area contributed by atoms with Crippen molar-refractivity contribution in [2.75, 3.05) is 0 Å². The molecule has 0 unspecified atom stereocenters. The molecule has 0 saturated heterocycles. The minimum atomic E-state index is 0.263. The minimum Gasteiger partial charge on any atom is -0.312 e. The topological polar surface area (TPSA) is 19.1 Å². The van der Waals surface area contributed by atoms with Crippen molar-refractivity contribution in [2.24, 2.45) is 0 Å². The fraction of sp³-hybridized carbons (Fsp3) is 0.0267. The number of aromatic nitrogens is 3. The molecule has 9 heterocycles. The summed E-state index contributed by atoms with van der Waals surface area (Å²) in [5, 5.41) is 7.67. The number of benzene rings is 12. The summed E-state index contributed by atoms with van der Waals surface area (Å²) in [6.07, 6.45) is 0. The van der Waals surface area contributed by atoms with Crippen molar-refractivity contribution in [1.82, 2.24) is 13.7 Å². The molecule has 0 saturated carbocycles. The van der Waals surface area contributed by atoms with Crippen LogP contribution in [0.5, 0.6) is 0 Å². The Labute approximate surface area is 474 Å². The molecule has 15 aromatic rings. The van der Waals surface area contributed by atoms with Crippen molar-refractivity contribution in [3.8, 4) is 50.4 Å². The summed E-state index contributed by atoms with van der Waals surface area (Å²) in [6, 6.07) is 86.7. The summed E-state index contributed by atoms with van der Waals surface area (Å²) in [5.74, 6) is 0. The molecule has 0 spiro atoms. The predicted molar refractivity (Wildman–Crippen MR) is 348 cm³/mol. The van der Waals surface area contributed by atoms with Gasteiger partial charge in [0.2, 0.25) is 20.1 Å². The minimum absolute atomic E-state index is 0.263. The van der Waals surface area contributed by atoms with E-state index in [0.717, 1.165) is 16.6 Å². The second-order valence-corrected chi connectivity index (χ2v) is 23.3. The molecule has 6 aliphatic rings. The molecular formula is C75H45B3N4. The number of hydrogen-bond donors (Lipinski definition) is 0. The van der Waals surface area contributed by atoms with Crippen LogP contribution < -0.4 is 49.2 Å². The summed E-state index contributed by atoms with van der Waals surface area (Å²) >= 11 is 0. The van der Waals surface area contributed by atoms with Gasteiger partial charge in [0.15, 0.2) is 5.69 Å². The Hall–Kier alpha value is -10.3. The van der Waals surface area contributed by atoms with Crippen LogP contribution >= 0.6 is 0 Å². The van der Waals surface area contributed by atoms with Crippen LogP contribution in [0.1, 0.15) is 11.1 Å². The van der Waals surface area contributed by atoms with Crippen LogP contribution in [0.15, 0.2) is 237 Å². The SMILES string of the molecule is Cc1cc2c3c(c1)-n1c4ccccc4c4cccc(c41)B3c1ccccc1-2.Cc1ccc2c3c1-n1c4ccccc4c4cccc(c41)B3c1ccccc1-2.[C-]#[N+]c1cccc2c1c1cccc3c1n2-c1cccc2c1B3c1ccccc1-2. The molecule has 0 fully saturated rings. The monoisotopic (exact) mass is 1030 g/mol. The van der Waals surface area contributed by atoms with Crippen LogP contribution in [0.2, 0.25) is 0 Å². The molecule has 0 atom stereocenters. The van der Waals surface area contributed by atoms with Crippen molar-refractivity contribution in [2.45, 2.75) is 13.8 Å². The van der Waals surface area contributed by atoms with Crippen LogP contribution in [-0.4, -0.2) is 33.8 Å². The quantitative estimate of drug-likeness (QED) is 0.107. The second-order valence-electron chi connectivity index (χ2n) is 23.3. The number of rotatable bonds is 0. The van der Waals surface area contributed by atoms with Crippen LogP contribution in [0.25, 0.3) is 121 Å². The highest BCUT2D eigenvalue weighted by Gasteiger charge is 2.44. The first-order valence-corrected chi connectivity index (χ1v) is 28.7. The smallest absolute Gasteiger partial charge is 0.248 e. The van der Waals surface area contributed by atoms with E-state index in [9.17, 15) is 0 Å². The van der Waals surface area contributed by atoms with E-state index in [1.807, 2.05) is 12.1 Å². The first-order chi connectivity index (χ1) is 40.6. The molecule has 82 heavy (non-hydrogen) atoms. The van der Waals surface area contributed by atoms with Gasteiger partial charge in [0.25, 0.3) is 0 Å². The molecular weight excluding hydrogens is 989 g/mol. The van der Waals surface area contributed by atoms with Crippen LogP contribution in [0, 0.1) is 20.4 Å². The number of nitrogens with zero attached hydrogens (tertiary/aromatic N) is 4. The average molecular weight is 1030 g/mol. The Morgan fingerprint density at radius 2 is 0.768 bits per heavy atom. The van der Waals surface area contributed by atoms with E-state index >= 15 is 0 Å². The maximum Gasteiger partial charge on any atom is 0.248 e. The van der Waals surface area contributed by atoms with Gasteiger partial charge in [0.05, 0.1) is 17.6 Å². The average Bonchev–Trinajstić information content (AvgIpc) is 4.23. The molecule has 0 radical (unpaired) electrons. The Morgan fingerprint density at radius 1 is 0.329 bits per heavy atom. The van der Waals surface area contributed by atoms with E-state index in [-0.39, 0.29) is 6.71 Å². The van der Waals surface area contributed by atoms with Gasteiger partial charge in [-0.15, -0.1) is 0 Å². The third-order valence-electron chi connectivity index (χ3n) is 19.4. The van der Waals surface area contributed by atoms with E-state index in [0.29, 0.717) is 13.4 Å². The van der Waals surface area contributed by atoms with Crippen molar-refractivity contribution in [3.63, 3.8) is 0 Å². The Balaban J connectivity index is 0.0000000915. The van der Waals surface area contributed by atoms with Gasteiger partial charge in [0, 0.05) is 66.1 Å². The zero-order valence-electron chi connectivity index (χ0n) is 45.0. The van der Waals surface area contributed by atoms with E-state index in [1.165, 1.54) is 165 Å². The summed E-state index contributed by atoms with van der Waals surface area (Å²) in [7, 11) is 0. The molecule has 374 valence electrons. The van der Waals surface area contributed by atoms with Crippen LogP contribution in [0.4, 0.5) is 5.69 Å². The Morgan fingerprint density at radius 3 is 1.41 bits per heavy atom. The first-order valence-electron chi connectivity index (χ1n) is 28.7. The van der Waals surface area contributed by atoms with Gasteiger partial charge < -0.3 is 13.7 Å². The molecule has 4 nitrogen and oxygen atoms in total. The van der Waals surface area contributed by atoms with Crippen molar-refractivity contribution in [3.05, 3.63) is 259 Å². The molecule has 3 aromatic heterocycles. The predicted octanol–water partition coefficient (Wildman–Crippen LogP) is 11.9. The highest BCUT2D eigenvalue weighted by molar-refractivity contribution is 7.03. The zero-order valence-corrected chi connectivity index (χ0v) is 45.0. The van der Waals surface area contributed by atoms with E-state index < -0.39 is 0 Å². The number of fused-ring (bicyclic) bond motifs is 24. The Bertz CT molecular complexity index is 5490. The zero-order chi connectivity index (χ0) is 53.8. The maximum atomic E-state index is 7.68. The van der Waals surface area contributed by atoms with Gasteiger partial charge in [-0.2, -0.15) is 0 Å². The first kappa shape index (κ1) is 44.6. The lowest BCUT2D eigenvalue weighted by Gasteiger charge is -2.26. The van der Waals surface area contributed by atoms with Gasteiger partial charge in [-0.05, 0) is 127 Å².